The lowest BCUT2D eigenvalue weighted by atomic mass is 9.79. The average molecular weight is 644 g/mol. The predicted octanol–water partition coefficient (Wildman–Crippen LogP) is 3.14. The monoisotopic (exact) mass is 643 g/mol. The molecule has 5 amide bonds. The van der Waals surface area contributed by atoms with Gasteiger partial charge in [0.05, 0.1) is 6.04 Å². The molecule has 46 heavy (non-hydrogen) atoms. The van der Waals surface area contributed by atoms with Crippen molar-refractivity contribution >= 4 is 35.3 Å². The maximum atomic E-state index is 14.3. The second-order valence-corrected chi connectivity index (χ2v) is 15.3. The molecule has 4 rings (SSSR count). The fourth-order valence-corrected chi connectivity index (χ4v) is 7.39. The molecule has 0 unspecified atom stereocenters. The second kappa shape index (κ2) is 16.2. The molecule has 4 fully saturated rings. The number of hydrogen-bond donors (Lipinski definition) is 4. The van der Waals surface area contributed by atoms with Crippen molar-refractivity contribution in [3.8, 4) is 0 Å². The molecule has 3 saturated carbocycles. The Bertz CT molecular complexity index is 1120. The van der Waals surface area contributed by atoms with Crippen LogP contribution in [0.25, 0.3) is 0 Å². The first-order valence-electron chi connectivity index (χ1n) is 17.9. The van der Waals surface area contributed by atoms with Crippen LogP contribution in [-0.4, -0.2) is 78.0 Å². The van der Waals surface area contributed by atoms with Crippen LogP contribution in [0.4, 0.5) is 0 Å². The van der Waals surface area contributed by atoms with E-state index < -0.39 is 47.1 Å². The van der Waals surface area contributed by atoms with Gasteiger partial charge in [0.2, 0.25) is 29.4 Å². The van der Waals surface area contributed by atoms with E-state index in [0.717, 1.165) is 83.5 Å². The second-order valence-electron chi connectivity index (χ2n) is 15.3. The molecule has 11 nitrogen and oxygen atoms in total. The first-order chi connectivity index (χ1) is 21.8. The molecule has 1 saturated heterocycles. The average Bonchev–Trinajstić information content (AvgIpc) is 3.51. The van der Waals surface area contributed by atoms with Gasteiger partial charge >= 0.3 is 0 Å². The molecular weight excluding hydrogens is 586 g/mol. The van der Waals surface area contributed by atoms with Crippen molar-refractivity contribution in [2.75, 3.05) is 13.6 Å². The summed E-state index contributed by atoms with van der Waals surface area (Å²) in [5.41, 5.74) is -0.688. The van der Waals surface area contributed by atoms with Crippen LogP contribution >= 0.6 is 0 Å². The van der Waals surface area contributed by atoms with Gasteiger partial charge in [-0.15, -0.1) is 0 Å². The van der Waals surface area contributed by atoms with Crippen LogP contribution in [0.3, 0.4) is 0 Å². The van der Waals surface area contributed by atoms with Crippen molar-refractivity contribution in [2.45, 2.75) is 148 Å². The molecule has 0 radical (unpaired) electrons. The van der Waals surface area contributed by atoms with Crippen LogP contribution in [0.1, 0.15) is 124 Å². The number of carbonyl (C=O) groups is 6. The zero-order chi connectivity index (χ0) is 33.4. The smallest absolute Gasteiger partial charge is 0.289 e. The van der Waals surface area contributed by atoms with Crippen LogP contribution < -0.4 is 21.3 Å². The van der Waals surface area contributed by atoms with E-state index in [0.29, 0.717) is 19.4 Å². The third kappa shape index (κ3) is 9.53. The maximum absolute atomic E-state index is 14.3. The van der Waals surface area contributed by atoms with Gasteiger partial charge in [0.1, 0.15) is 12.1 Å². The number of Topliss-reactive ketones (excluding diaryl/α,β-unsaturated/α-hetero) is 1. The maximum Gasteiger partial charge on any atom is 0.289 e. The van der Waals surface area contributed by atoms with Gasteiger partial charge in [-0.25, -0.2) is 0 Å². The van der Waals surface area contributed by atoms with Crippen LogP contribution in [0, 0.1) is 23.2 Å². The third-order valence-corrected chi connectivity index (χ3v) is 10.7. The topological polar surface area (TPSA) is 154 Å². The van der Waals surface area contributed by atoms with Crippen LogP contribution in [0.15, 0.2) is 0 Å². The minimum Gasteiger partial charge on any atom is -0.356 e. The fourth-order valence-electron chi connectivity index (χ4n) is 7.39. The molecular formula is C35H57N5O6. The quantitative estimate of drug-likeness (QED) is 0.226. The molecule has 3 aliphatic carbocycles. The molecule has 0 aromatic rings. The highest BCUT2D eigenvalue weighted by Gasteiger charge is 2.41. The van der Waals surface area contributed by atoms with Crippen molar-refractivity contribution in [2.24, 2.45) is 23.2 Å². The first-order valence-corrected chi connectivity index (χ1v) is 17.9. The highest BCUT2D eigenvalue weighted by Crippen LogP contribution is 2.33. The van der Waals surface area contributed by atoms with Gasteiger partial charge < -0.3 is 26.2 Å². The molecule has 4 N–H and O–H groups in total. The molecule has 1 aliphatic heterocycles. The third-order valence-electron chi connectivity index (χ3n) is 10.7. The summed E-state index contributed by atoms with van der Waals surface area (Å²) < 4.78 is 0. The largest absolute Gasteiger partial charge is 0.356 e. The Hall–Kier alpha value is -2.98. The van der Waals surface area contributed by atoms with E-state index in [1.54, 1.807) is 7.05 Å². The molecule has 4 atom stereocenters. The molecule has 11 heteroatoms. The zero-order valence-electron chi connectivity index (χ0n) is 28.5. The van der Waals surface area contributed by atoms with Crippen molar-refractivity contribution in [1.82, 2.24) is 26.2 Å². The summed E-state index contributed by atoms with van der Waals surface area (Å²) in [4.78, 5) is 82.4. The lowest BCUT2D eigenvalue weighted by molar-refractivity contribution is -0.146. The summed E-state index contributed by atoms with van der Waals surface area (Å²) in [6.07, 6.45) is 13.0. The number of amides is 5. The molecule has 4 aliphatic rings. The summed E-state index contributed by atoms with van der Waals surface area (Å²) in [5.74, 6) is -2.98. The van der Waals surface area contributed by atoms with Gasteiger partial charge in [0.25, 0.3) is 5.91 Å². The van der Waals surface area contributed by atoms with E-state index in [4.69, 9.17) is 0 Å². The van der Waals surface area contributed by atoms with Crippen molar-refractivity contribution < 1.29 is 28.8 Å². The number of ketones is 1. The van der Waals surface area contributed by atoms with E-state index in [-0.39, 0.29) is 42.0 Å². The van der Waals surface area contributed by atoms with Crippen LogP contribution in [0.5, 0.6) is 0 Å². The Labute approximate surface area is 274 Å². The molecule has 0 aromatic carbocycles. The zero-order valence-corrected chi connectivity index (χ0v) is 28.5. The summed E-state index contributed by atoms with van der Waals surface area (Å²) in [7, 11) is 1.61. The number of likely N-dealkylation sites (N-methyl/N-ethyl adjacent to an activating group) is 1. The van der Waals surface area contributed by atoms with Gasteiger partial charge in [0, 0.05) is 31.0 Å². The summed E-state index contributed by atoms with van der Waals surface area (Å²) in [6, 6.07) is -2.90. The molecule has 0 bridgehead atoms. The first kappa shape index (κ1) is 35.9. The highest BCUT2D eigenvalue weighted by atomic mass is 16.2. The number of piperidine rings is 1. The Morgan fingerprint density at radius 1 is 0.826 bits per heavy atom. The van der Waals surface area contributed by atoms with Gasteiger partial charge in [0.15, 0.2) is 0 Å². The molecule has 0 spiro atoms. The van der Waals surface area contributed by atoms with Gasteiger partial charge in [-0.3, -0.25) is 28.8 Å². The standard InChI is InChI=1S/C35H57N5O6/c1-35(2,3)34(46)39-28(23-14-6-5-7-15-23)33(45)40(4)27(20-22-12-10-13-22)31(43)38-26(21-24-16-11-19-36-30(24)42)29(41)32(44)37-25-17-8-9-18-25/h22-28H,5-21H2,1-4H3,(H,36,42)(H,37,44)(H,38,43)(H,39,46)/t24-,26-,27-,28+/m0/s1. The van der Waals surface area contributed by atoms with Gasteiger partial charge in [-0.2, -0.15) is 0 Å². The number of carbonyl (C=O) groups excluding carboxylic acids is 6. The SMILES string of the molecule is CN(C(=O)[C@H](NC(=O)C(C)(C)C)C1CCCCC1)[C@@H](CC1CCC1)C(=O)N[C@@H](C[C@@H]1CCCNC1=O)C(=O)C(=O)NC1CCCC1. The fraction of sp³-hybridized carbons (Fsp3) is 0.829. The Balaban J connectivity index is 1.56. The van der Waals surface area contributed by atoms with E-state index in [2.05, 4.69) is 21.3 Å². The van der Waals surface area contributed by atoms with E-state index in [1.807, 2.05) is 20.8 Å². The Kier molecular flexibility index (Phi) is 12.6. The van der Waals surface area contributed by atoms with E-state index in [1.165, 1.54) is 4.90 Å². The molecule has 1 heterocycles. The summed E-state index contributed by atoms with van der Waals surface area (Å²) in [5, 5.41) is 11.6. The Morgan fingerprint density at radius 2 is 1.48 bits per heavy atom. The minimum absolute atomic E-state index is 0.0225. The van der Waals surface area contributed by atoms with Gasteiger partial charge in [-0.1, -0.05) is 72.1 Å². The van der Waals surface area contributed by atoms with E-state index >= 15 is 0 Å². The number of nitrogens with zero attached hydrogens (tertiary/aromatic N) is 1. The normalized spacial score (nSPS) is 23.3. The van der Waals surface area contributed by atoms with Crippen LogP contribution in [0.2, 0.25) is 0 Å². The van der Waals surface area contributed by atoms with E-state index in [9.17, 15) is 28.8 Å². The summed E-state index contributed by atoms with van der Waals surface area (Å²) in [6.45, 7) is 6.00. The summed E-state index contributed by atoms with van der Waals surface area (Å²) >= 11 is 0. The lowest BCUT2D eigenvalue weighted by Crippen LogP contribution is -2.60. The molecule has 0 aromatic heterocycles. The number of hydrogen-bond acceptors (Lipinski definition) is 6. The van der Waals surface area contributed by atoms with Crippen molar-refractivity contribution in [1.29, 1.82) is 0 Å². The minimum atomic E-state index is -1.19. The number of rotatable bonds is 13. The Morgan fingerprint density at radius 3 is 2.07 bits per heavy atom. The van der Waals surface area contributed by atoms with Crippen molar-refractivity contribution in [3.63, 3.8) is 0 Å². The van der Waals surface area contributed by atoms with Crippen LogP contribution in [-0.2, 0) is 28.8 Å². The highest BCUT2D eigenvalue weighted by molar-refractivity contribution is 6.38. The predicted molar refractivity (Wildman–Crippen MR) is 174 cm³/mol. The molecule has 258 valence electrons. The van der Waals surface area contributed by atoms with Crippen molar-refractivity contribution in [3.05, 3.63) is 0 Å². The van der Waals surface area contributed by atoms with Gasteiger partial charge in [-0.05, 0) is 63.2 Å². The lowest BCUT2D eigenvalue weighted by Gasteiger charge is -2.39. The number of nitrogens with one attached hydrogen (secondary N) is 4.